The minimum Gasteiger partial charge on any atom is -0.369 e. The minimum atomic E-state index is 0.889. The number of anilines is 1. The molecule has 0 aliphatic rings. The van der Waals surface area contributed by atoms with Crippen molar-refractivity contribution in [2.75, 3.05) is 11.9 Å². The Bertz CT molecular complexity index is 380. The highest BCUT2D eigenvalue weighted by Crippen LogP contribution is 2.19. The summed E-state index contributed by atoms with van der Waals surface area (Å²) in [7, 11) is 0. The van der Waals surface area contributed by atoms with Gasteiger partial charge in [0.1, 0.15) is 10.4 Å². The predicted molar refractivity (Wildman–Crippen MR) is 85.7 cm³/mol. The first-order valence-corrected chi connectivity index (χ1v) is 8.31. The van der Waals surface area contributed by atoms with Crippen molar-refractivity contribution in [1.29, 1.82) is 0 Å². The van der Waals surface area contributed by atoms with Gasteiger partial charge in [-0.15, -0.1) is 0 Å². The summed E-state index contributed by atoms with van der Waals surface area (Å²) >= 11 is 3.49. The first kappa shape index (κ1) is 16.4. The average Bonchev–Trinajstić information content (AvgIpc) is 2.43. The van der Waals surface area contributed by atoms with Crippen LogP contribution in [0.4, 0.5) is 5.82 Å². The lowest BCUT2D eigenvalue weighted by molar-refractivity contribution is 0.644. The van der Waals surface area contributed by atoms with E-state index < -0.39 is 0 Å². The summed E-state index contributed by atoms with van der Waals surface area (Å²) in [5.74, 6) is 0.970. The monoisotopic (exact) mass is 327 g/mol. The van der Waals surface area contributed by atoms with E-state index in [1.807, 2.05) is 0 Å². The Hall–Kier alpha value is -0.640. The van der Waals surface area contributed by atoms with Crippen LogP contribution in [0.5, 0.6) is 0 Å². The maximum atomic E-state index is 4.68. The summed E-state index contributed by atoms with van der Waals surface area (Å²) in [5, 5.41) is 3.45. The summed E-state index contributed by atoms with van der Waals surface area (Å²) in [6, 6.07) is 0. The molecule has 0 spiro atoms. The normalized spacial score (nSPS) is 10.7. The Morgan fingerprint density at radius 1 is 0.895 bits per heavy atom. The fraction of sp³-hybridized carbons (Fsp3) is 0.733. The van der Waals surface area contributed by atoms with E-state index in [1.165, 1.54) is 32.1 Å². The van der Waals surface area contributed by atoms with E-state index in [0.717, 1.165) is 41.2 Å². The van der Waals surface area contributed by atoms with Crippen LogP contribution in [0.2, 0.25) is 0 Å². The molecule has 0 fully saturated rings. The molecule has 0 saturated heterocycles. The van der Waals surface area contributed by atoms with Gasteiger partial charge in [-0.3, -0.25) is 0 Å². The molecular weight excluding hydrogens is 302 g/mol. The highest BCUT2D eigenvalue weighted by atomic mass is 79.9. The first-order valence-electron chi connectivity index (χ1n) is 7.52. The molecule has 1 N–H and O–H groups in total. The molecule has 0 aromatic carbocycles. The largest absolute Gasteiger partial charge is 0.369 e. The zero-order valence-electron chi connectivity index (χ0n) is 12.4. The molecule has 1 aromatic heterocycles. The molecule has 19 heavy (non-hydrogen) atoms. The van der Waals surface area contributed by atoms with Crippen LogP contribution in [0.3, 0.4) is 0 Å². The molecule has 0 bridgehead atoms. The van der Waals surface area contributed by atoms with Crippen LogP contribution in [0.25, 0.3) is 0 Å². The summed E-state index contributed by atoms with van der Waals surface area (Å²) in [5.41, 5.74) is 2.09. The second-order valence-corrected chi connectivity index (χ2v) is 5.56. The number of aryl methyl sites for hydroxylation is 2. The lowest BCUT2D eigenvalue weighted by Gasteiger charge is -2.12. The van der Waals surface area contributed by atoms with Crippen molar-refractivity contribution in [3.8, 4) is 0 Å². The molecule has 1 aromatic rings. The number of halogens is 1. The van der Waals surface area contributed by atoms with Crippen LogP contribution in [-0.2, 0) is 12.8 Å². The van der Waals surface area contributed by atoms with Crippen LogP contribution >= 0.6 is 15.9 Å². The maximum absolute atomic E-state index is 4.68. The summed E-state index contributed by atoms with van der Waals surface area (Å²) in [4.78, 5) is 9.26. The van der Waals surface area contributed by atoms with E-state index in [2.05, 4.69) is 52.0 Å². The predicted octanol–water partition coefficient (Wildman–Crippen LogP) is 4.75. The zero-order valence-corrected chi connectivity index (χ0v) is 14.0. The van der Waals surface area contributed by atoms with Crippen LogP contribution < -0.4 is 5.32 Å². The molecule has 0 unspecified atom stereocenters. The Morgan fingerprint density at radius 2 is 1.58 bits per heavy atom. The second kappa shape index (κ2) is 9.29. The van der Waals surface area contributed by atoms with Gasteiger partial charge >= 0.3 is 0 Å². The summed E-state index contributed by atoms with van der Waals surface area (Å²) in [6.07, 6.45) is 8.31. The van der Waals surface area contributed by atoms with Crippen molar-refractivity contribution < 1.29 is 0 Å². The molecule has 0 atom stereocenters. The van der Waals surface area contributed by atoms with Crippen LogP contribution in [0, 0.1) is 0 Å². The number of rotatable bonds is 9. The molecule has 0 aliphatic carbocycles. The lowest BCUT2D eigenvalue weighted by Crippen LogP contribution is -2.10. The van der Waals surface area contributed by atoms with Gasteiger partial charge < -0.3 is 5.32 Å². The van der Waals surface area contributed by atoms with Gasteiger partial charge in [0.25, 0.3) is 0 Å². The minimum absolute atomic E-state index is 0.889. The van der Waals surface area contributed by atoms with Crippen molar-refractivity contribution >= 4 is 21.7 Å². The van der Waals surface area contributed by atoms with E-state index >= 15 is 0 Å². The first-order chi connectivity index (χ1) is 9.22. The van der Waals surface area contributed by atoms with Gasteiger partial charge in [-0.05, 0) is 35.2 Å². The van der Waals surface area contributed by atoms with E-state index in [0.29, 0.717) is 0 Å². The Labute approximate surface area is 125 Å². The molecule has 3 nitrogen and oxygen atoms in total. The van der Waals surface area contributed by atoms with Crippen molar-refractivity contribution in [2.24, 2.45) is 0 Å². The van der Waals surface area contributed by atoms with Gasteiger partial charge in [0, 0.05) is 6.54 Å². The molecule has 0 radical (unpaired) electrons. The molecule has 0 saturated carbocycles. The molecule has 0 amide bonds. The van der Waals surface area contributed by atoms with Crippen molar-refractivity contribution in [1.82, 2.24) is 9.97 Å². The number of unbranched alkanes of at least 4 members (excludes halogenated alkanes) is 4. The maximum Gasteiger partial charge on any atom is 0.148 e. The summed E-state index contributed by atoms with van der Waals surface area (Å²) in [6.45, 7) is 7.47. The average molecular weight is 328 g/mol. The van der Waals surface area contributed by atoms with Gasteiger partial charge in [-0.2, -0.15) is 0 Å². The Balaban J connectivity index is 2.51. The number of hydrogen-bond acceptors (Lipinski definition) is 3. The second-order valence-electron chi connectivity index (χ2n) is 4.80. The molecule has 108 valence electrons. The van der Waals surface area contributed by atoms with Crippen LogP contribution in [0.15, 0.2) is 4.60 Å². The van der Waals surface area contributed by atoms with Gasteiger partial charge in [0.2, 0.25) is 0 Å². The van der Waals surface area contributed by atoms with E-state index in [9.17, 15) is 0 Å². The van der Waals surface area contributed by atoms with E-state index in [4.69, 9.17) is 0 Å². The van der Waals surface area contributed by atoms with E-state index in [1.54, 1.807) is 0 Å². The molecular formula is C15H26BrN3. The summed E-state index contributed by atoms with van der Waals surface area (Å²) < 4.78 is 0.889. The van der Waals surface area contributed by atoms with Crippen molar-refractivity contribution in [2.45, 2.75) is 65.7 Å². The number of hydrogen-bond donors (Lipinski definition) is 1. The highest BCUT2D eigenvalue weighted by Gasteiger charge is 2.09. The van der Waals surface area contributed by atoms with Gasteiger partial charge in [-0.1, -0.05) is 46.5 Å². The highest BCUT2D eigenvalue weighted by molar-refractivity contribution is 9.10. The standard InChI is InChI=1S/C15H26BrN3/c1-4-7-8-9-10-11-17-15-13(6-3)18-14(16)12(5-2)19-15/h4-11H2,1-3H3,(H,17,19). The number of nitrogens with zero attached hydrogens (tertiary/aromatic N) is 2. The fourth-order valence-corrected chi connectivity index (χ4v) is 2.61. The Kier molecular flexibility index (Phi) is 8.03. The van der Waals surface area contributed by atoms with E-state index in [-0.39, 0.29) is 0 Å². The van der Waals surface area contributed by atoms with Gasteiger partial charge in [0.15, 0.2) is 0 Å². The SMILES string of the molecule is CCCCCCCNc1nc(CC)c(Br)nc1CC. The fourth-order valence-electron chi connectivity index (χ4n) is 2.03. The van der Waals surface area contributed by atoms with Crippen molar-refractivity contribution in [3.63, 3.8) is 0 Å². The lowest BCUT2D eigenvalue weighted by atomic mass is 10.1. The Morgan fingerprint density at radius 3 is 2.21 bits per heavy atom. The van der Waals surface area contributed by atoms with Gasteiger partial charge in [0.05, 0.1) is 11.4 Å². The molecule has 0 aliphatic heterocycles. The topological polar surface area (TPSA) is 37.8 Å². The third-order valence-corrected chi connectivity index (χ3v) is 3.87. The van der Waals surface area contributed by atoms with Crippen molar-refractivity contribution in [3.05, 3.63) is 16.0 Å². The number of aromatic nitrogens is 2. The quantitative estimate of drug-likeness (QED) is 0.665. The van der Waals surface area contributed by atoms with Gasteiger partial charge in [-0.25, -0.2) is 9.97 Å². The smallest absolute Gasteiger partial charge is 0.148 e. The van der Waals surface area contributed by atoms with Crippen LogP contribution in [0.1, 0.15) is 64.3 Å². The zero-order chi connectivity index (χ0) is 14.1. The number of nitrogens with one attached hydrogen (secondary N) is 1. The van der Waals surface area contributed by atoms with Crippen LogP contribution in [-0.4, -0.2) is 16.5 Å². The third kappa shape index (κ3) is 5.47. The molecule has 1 heterocycles. The third-order valence-electron chi connectivity index (χ3n) is 3.23. The molecule has 1 rings (SSSR count). The molecule has 4 heteroatoms.